The molecule has 2 heterocycles. The Morgan fingerprint density at radius 3 is 2.96 bits per heavy atom. The number of hydrogen-bond acceptors (Lipinski definition) is 3. The highest BCUT2D eigenvalue weighted by Gasteiger charge is 2.23. The second kappa shape index (κ2) is 8.47. The topological polar surface area (TPSA) is 36.4 Å². The average molecular weight is 314 g/mol. The minimum Gasteiger partial charge on any atom is -0.378 e. The summed E-state index contributed by atoms with van der Waals surface area (Å²) in [5, 5.41) is 10.4. The summed E-state index contributed by atoms with van der Waals surface area (Å²) in [7, 11) is 0. The molecule has 3 nitrogen and oxygen atoms in total. The van der Waals surface area contributed by atoms with Crippen LogP contribution in [-0.2, 0) is 0 Å². The first-order chi connectivity index (χ1) is 11.0. The van der Waals surface area contributed by atoms with Crippen molar-refractivity contribution in [1.29, 1.82) is 0 Å². The Balaban J connectivity index is 1.96. The lowest BCUT2D eigenvalue weighted by atomic mass is 9.95. The van der Waals surface area contributed by atoms with Gasteiger partial charge in [0, 0.05) is 18.4 Å². The lowest BCUT2D eigenvalue weighted by molar-refractivity contribution is 0.105. The van der Waals surface area contributed by atoms with Gasteiger partial charge in [0.25, 0.3) is 0 Å². The number of likely N-dealkylation sites (tertiary alicyclic amines) is 1. The summed E-state index contributed by atoms with van der Waals surface area (Å²) in [6, 6.07) is 4.57. The summed E-state index contributed by atoms with van der Waals surface area (Å²) in [5.41, 5.74) is 0.407. The van der Waals surface area contributed by atoms with E-state index in [0.717, 1.165) is 32.4 Å². The van der Waals surface area contributed by atoms with Gasteiger partial charge < -0.3 is 5.11 Å². The number of rotatable bonds is 5. The van der Waals surface area contributed by atoms with Crippen molar-refractivity contribution < 1.29 is 5.11 Å². The smallest absolute Gasteiger partial charge is 0.122 e. The molecule has 3 heteroatoms. The largest absolute Gasteiger partial charge is 0.378 e. The Labute approximate surface area is 141 Å². The Bertz CT molecular complexity index is 528. The van der Waals surface area contributed by atoms with Crippen LogP contribution < -0.4 is 0 Å². The van der Waals surface area contributed by atoms with E-state index in [2.05, 4.69) is 41.6 Å². The standard InChI is InChI=1S/C20H30N2O/c1-17(2)10-12-20(3,23)11-7-15-22-14-5-4-9-19(22)18-8-6-13-21-16-18/h6,8,13,16-17,19,23H,4-5,9-10,12,14-15H2,1-3H3/t19-,20+/m0/s1. The van der Waals surface area contributed by atoms with Crippen LogP contribution >= 0.6 is 0 Å². The van der Waals surface area contributed by atoms with E-state index in [4.69, 9.17) is 0 Å². The van der Waals surface area contributed by atoms with E-state index in [0.29, 0.717) is 12.0 Å². The van der Waals surface area contributed by atoms with E-state index in [1.54, 1.807) is 0 Å². The van der Waals surface area contributed by atoms with Crippen molar-refractivity contribution in [3.05, 3.63) is 30.1 Å². The number of hydrogen-bond donors (Lipinski definition) is 1. The Morgan fingerprint density at radius 1 is 1.43 bits per heavy atom. The molecule has 0 radical (unpaired) electrons. The fraction of sp³-hybridized carbons (Fsp3) is 0.650. The minimum absolute atomic E-state index is 0.410. The molecule has 1 saturated heterocycles. The van der Waals surface area contributed by atoms with Gasteiger partial charge in [-0.2, -0.15) is 0 Å². The molecular formula is C20H30N2O. The van der Waals surface area contributed by atoms with Crippen LogP contribution in [0.15, 0.2) is 24.5 Å². The fourth-order valence-corrected chi connectivity index (χ4v) is 3.09. The molecule has 2 atom stereocenters. The Kier molecular flexibility index (Phi) is 6.62. The highest BCUT2D eigenvalue weighted by atomic mass is 16.3. The van der Waals surface area contributed by atoms with Crippen molar-refractivity contribution in [1.82, 2.24) is 9.88 Å². The quantitative estimate of drug-likeness (QED) is 0.840. The van der Waals surface area contributed by atoms with Gasteiger partial charge in [0.15, 0.2) is 0 Å². The molecule has 23 heavy (non-hydrogen) atoms. The van der Waals surface area contributed by atoms with Crippen LogP contribution in [0.1, 0.15) is 64.5 Å². The van der Waals surface area contributed by atoms with Crippen molar-refractivity contribution in [2.24, 2.45) is 5.92 Å². The van der Waals surface area contributed by atoms with Gasteiger partial charge >= 0.3 is 0 Å². The normalized spacial score (nSPS) is 21.5. The summed E-state index contributed by atoms with van der Waals surface area (Å²) in [6.07, 6.45) is 9.18. The zero-order valence-electron chi connectivity index (χ0n) is 14.8. The maximum atomic E-state index is 10.4. The van der Waals surface area contributed by atoms with E-state index < -0.39 is 5.60 Å². The fourth-order valence-electron chi connectivity index (χ4n) is 3.09. The van der Waals surface area contributed by atoms with Gasteiger partial charge in [-0.3, -0.25) is 9.88 Å². The molecule has 0 aliphatic carbocycles. The van der Waals surface area contributed by atoms with Crippen molar-refractivity contribution >= 4 is 0 Å². The Hall–Kier alpha value is -1.37. The van der Waals surface area contributed by atoms with Crippen molar-refractivity contribution in [3.8, 4) is 11.8 Å². The first-order valence-electron chi connectivity index (χ1n) is 8.84. The van der Waals surface area contributed by atoms with Crippen LogP contribution in [0.25, 0.3) is 0 Å². The third-order valence-corrected chi connectivity index (χ3v) is 4.53. The molecular weight excluding hydrogens is 284 g/mol. The second-order valence-corrected chi connectivity index (χ2v) is 7.28. The molecule has 0 bridgehead atoms. The highest BCUT2D eigenvalue weighted by molar-refractivity contribution is 5.17. The van der Waals surface area contributed by atoms with E-state index in [1.165, 1.54) is 18.4 Å². The Morgan fingerprint density at radius 2 is 2.26 bits per heavy atom. The summed E-state index contributed by atoms with van der Waals surface area (Å²) in [5.74, 6) is 6.90. The van der Waals surface area contributed by atoms with Crippen LogP contribution in [0.2, 0.25) is 0 Å². The minimum atomic E-state index is -0.871. The summed E-state index contributed by atoms with van der Waals surface area (Å²) < 4.78 is 0. The summed E-state index contributed by atoms with van der Waals surface area (Å²) in [4.78, 5) is 6.67. The first kappa shape index (κ1) is 18.0. The molecule has 1 fully saturated rings. The maximum Gasteiger partial charge on any atom is 0.122 e. The predicted molar refractivity (Wildman–Crippen MR) is 94.9 cm³/mol. The summed E-state index contributed by atoms with van der Waals surface area (Å²) in [6.45, 7) is 7.97. The van der Waals surface area contributed by atoms with Crippen molar-refractivity contribution in [2.75, 3.05) is 13.1 Å². The van der Waals surface area contributed by atoms with Crippen LogP contribution in [0.5, 0.6) is 0 Å². The molecule has 0 amide bonds. The van der Waals surface area contributed by atoms with Gasteiger partial charge in [0.2, 0.25) is 0 Å². The highest BCUT2D eigenvalue weighted by Crippen LogP contribution is 2.29. The van der Waals surface area contributed by atoms with Crippen LogP contribution in [0, 0.1) is 17.8 Å². The number of aromatic nitrogens is 1. The lowest BCUT2D eigenvalue weighted by Gasteiger charge is -2.34. The first-order valence-corrected chi connectivity index (χ1v) is 8.84. The van der Waals surface area contributed by atoms with E-state index in [9.17, 15) is 5.11 Å². The van der Waals surface area contributed by atoms with Gasteiger partial charge in [0.05, 0.1) is 6.54 Å². The zero-order chi connectivity index (χ0) is 16.7. The second-order valence-electron chi connectivity index (χ2n) is 7.28. The van der Waals surface area contributed by atoms with Gasteiger partial charge in [-0.1, -0.05) is 38.2 Å². The molecule has 2 rings (SSSR count). The summed E-state index contributed by atoms with van der Waals surface area (Å²) >= 11 is 0. The molecule has 1 aromatic heterocycles. The van der Waals surface area contributed by atoms with Crippen molar-refractivity contribution in [2.45, 2.75) is 64.5 Å². The molecule has 1 aromatic rings. The molecule has 0 unspecified atom stereocenters. The third kappa shape index (κ3) is 5.97. The molecule has 0 saturated carbocycles. The van der Waals surface area contributed by atoms with Gasteiger partial charge in [0.1, 0.15) is 5.60 Å². The molecule has 1 aliphatic rings. The van der Waals surface area contributed by atoms with E-state index >= 15 is 0 Å². The number of aliphatic hydroxyl groups is 1. The molecule has 0 aromatic carbocycles. The predicted octanol–water partition coefficient (Wildman–Crippen LogP) is 3.80. The van der Waals surface area contributed by atoms with Crippen LogP contribution in [-0.4, -0.2) is 33.7 Å². The maximum absolute atomic E-state index is 10.4. The number of piperidine rings is 1. The number of nitrogens with zero attached hydrogens (tertiary/aromatic N) is 2. The van der Waals surface area contributed by atoms with Gasteiger partial charge in [-0.05, 0) is 56.7 Å². The SMILES string of the molecule is CC(C)CC[C@](C)(O)C#CCN1CCCC[C@H]1c1cccnc1. The van der Waals surface area contributed by atoms with Gasteiger partial charge in [-0.15, -0.1) is 0 Å². The molecule has 1 aliphatic heterocycles. The van der Waals surface area contributed by atoms with Crippen molar-refractivity contribution in [3.63, 3.8) is 0 Å². The van der Waals surface area contributed by atoms with Gasteiger partial charge in [-0.25, -0.2) is 0 Å². The van der Waals surface area contributed by atoms with Crippen LogP contribution in [0.3, 0.4) is 0 Å². The zero-order valence-corrected chi connectivity index (χ0v) is 14.8. The monoisotopic (exact) mass is 314 g/mol. The van der Waals surface area contributed by atoms with E-state index in [1.807, 2.05) is 25.4 Å². The molecule has 0 spiro atoms. The molecule has 1 N–H and O–H groups in total. The average Bonchev–Trinajstić information content (AvgIpc) is 2.54. The number of pyridine rings is 1. The lowest BCUT2D eigenvalue weighted by Crippen LogP contribution is -2.34. The third-order valence-electron chi connectivity index (χ3n) is 4.53. The van der Waals surface area contributed by atoms with Crippen LogP contribution in [0.4, 0.5) is 0 Å². The van der Waals surface area contributed by atoms with E-state index in [-0.39, 0.29) is 0 Å². The molecule has 126 valence electrons.